The molecule has 1 aromatic heterocycles. The number of carbonyl (C=O) groups excluding carboxylic acids is 1. The average Bonchev–Trinajstić information content (AvgIpc) is 3.45. The average molecular weight is 674 g/mol. The van der Waals surface area contributed by atoms with Crippen molar-refractivity contribution >= 4 is 40.2 Å². The van der Waals surface area contributed by atoms with E-state index < -0.39 is 41.6 Å². The summed E-state index contributed by atoms with van der Waals surface area (Å²) >= 11 is 2.66. The van der Waals surface area contributed by atoms with E-state index in [4.69, 9.17) is 14.2 Å². The van der Waals surface area contributed by atoms with Gasteiger partial charge in [0.25, 0.3) is 5.91 Å². The Morgan fingerprint density at radius 3 is 2.53 bits per heavy atom. The van der Waals surface area contributed by atoms with E-state index in [2.05, 4.69) is 20.4 Å². The van der Waals surface area contributed by atoms with Gasteiger partial charge in [0.05, 0.1) is 31.5 Å². The van der Waals surface area contributed by atoms with Crippen molar-refractivity contribution in [2.75, 3.05) is 51.0 Å². The van der Waals surface area contributed by atoms with E-state index in [0.717, 1.165) is 36.7 Å². The lowest BCUT2D eigenvalue weighted by atomic mass is 10.0. The molecular weight excluding hydrogens is 648 g/mol. The van der Waals surface area contributed by atoms with Crippen LogP contribution in [0, 0.1) is 11.3 Å². The number of nitrogens with zero attached hydrogens (tertiary/aromatic N) is 4. The molecule has 2 heterocycles. The Kier molecular flexibility index (Phi) is 11.3. The van der Waals surface area contributed by atoms with Gasteiger partial charge >= 0.3 is 12.4 Å². The molecule has 0 spiro atoms. The maximum Gasteiger partial charge on any atom is 0.416 e. The van der Waals surface area contributed by atoms with Crippen LogP contribution in [-0.2, 0) is 28.5 Å². The molecular formula is C28H25F6N5O4S2. The highest BCUT2D eigenvalue weighted by atomic mass is 32.2. The minimum Gasteiger partial charge on any atom is -0.493 e. The topological polar surface area (TPSA) is 110 Å². The summed E-state index contributed by atoms with van der Waals surface area (Å²) < 4.78 is 96.1. The molecule has 1 aliphatic heterocycles. The van der Waals surface area contributed by atoms with Crippen LogP contribution in [0.2, 0.25) is 0 Å². The van der Waals surface area contributed by atoms with Crippen molar-refractivity contribution < 1.29 is 45.3 Å². The normalized spacial score (nSPS) is 14.6. The maximum atomic E-state index is 13.5. The predicted molar refractivity (Wildman–Crippen MR) is 154 cm³/mol. The second-order valence-electron chi connectivity index (χ2n) is 9.37. The van der Waals surface area contributed by atoms with Gasteiger partial charge in [-0.05, 0) is 35.9 Å². The zero-order chi connectivity index (χ0) is 32.6. The summed E-state index contributed by atoms with van der Waals surface area (Å²) in [5.74, 6) is 0.0733. The number of anilines is 1. The number of amides is 1. The van der Waals surface area contributed by atoms with Crippen LogP contribution in [-0.4, -0.2) is 66.7 Å². The highest BCUT2D eigenvalue weighted by molar-refractivity contribution is 8.01. The number of morpholine rings is 1. The van der Waals surface area contributed by atoms with Gasteiger partial charge in [0, 0.05) is 31.0 Å². The predicted octanol–water partition coefficient (Wildman–Crippen LogP) is 6.13. The molecule has 0 radical (unpaired) electrons. The molecule has 2 aromatic carbocycles. The Labute approximate surface area is 261 Å². The van der Waals surface area contributed by atoms with Gasteiger partial charge in [-0.25, -0.2) is 0 Å². The summed E-state index contributed by atoms with van der Waals surface area (Å²) in [5, 5.41) is 20.3. The van der Waals surface area contributed by atoms with Crippen LogP contribution in [0.3, 0.4) is 0 Å². The van der Waals surface area contributed by atoms with Crippen LogP contribution in [0.15, 0.2) is 46.3 Å². The molecule has 0 saturated carbocycles. The summed E-state index contributed by atoms with van der Waals surface area (Å²) in [7, 11) is 1.26. The molecule has 3 aromatic rings. The minimum absolute atomic E-state index is 0.0156. The number of carbonyl (C=O) groups is 1. The molecule has 9 nitrogen and oxygen atoms in total. The fraction of sp³-hybridized carbons (Fsp3) is 0.357. The molecule has 240 valence electrons. The lowest BCUT2D eigenvalue weighted by molar-refractivity contribution is -0.143. The second kappa shape index (κ2) is 15.0. The maximum absolute atomic E-state index is 13.5. The number of hydrogen-bond acceptors (Lipinski definition) is 10. The first-order valence-corrected chi connectivity index (χ1v) is 15.0. The Bertz CT molecular complexity index is 1570. The van der Waals surface area contributed by atoms with Gasteiger partial charge in [-0.1, -0.05) is 35.2 Å². The summed E-state index contributed by atoms with van der Waals surface area (Å²) in [6, 6.07) is 7.23. The largest absolute Gasteiger partial charge is 0.493 e. The number of nitrogens with one attached hydrogen (secondary N) is 1. The van der Waals surface area contributed by atoms with Crippen LogP contribution in [0.5, 0.6) is 11.5 Å². The first-order chi connectivity index (χ1) is 21.4. The number of hydrogen-bond donors (Lipinski definition) is 1. The molecule has 0 aliphatic carbocycles. The number of nitriles is 1. The fourth-order valence-electron chi connectivity index (χ4n) is 4.08. The summed E-state index contributed by atoms with van der Waals surface area (Å²) in [5.41, 5.74) is -3.38. The number of ether oxygens (including phenoxy) is 3. The molecule has 0 unspecified atom stereocenters. The lowest BCUT2D eigenvalue weighted by Crippen LogP contribution is -2.37. The van der Waals surface area contributed by atoms with Gasteiger partial charge in [0.15, 0.2) is 15.8 Å². The first kappa shape index (κ1) is 34.0. The quantitative estimate of drug-likeness (QED) is 0.0845. The van der Waals surface area contributed by atoms with Crippen molar-refractivity contribution in [2.24, 2.45) is 0 Å². The van der Waals surface area contributed by atoms with Crippen molar-refractivity contribution in [3.8, 4) is 17.6 Å². The second-order valence-corrected chi connectivity index (χ2v) is 11.7. The number of rotatable bonds is 11. The van der Waals surface area contributed by atoms with E-state index in [1.807, 2.05) is 6.07 Å². The first-order valence-electron chi connectivity index (χ1n) is 13.1. The van der Waals surface area contributed by atoms with Gasteiger partial charge in [0.1, 0.15) is 18.2 Å². The van der Waals surface area contributed by atoms with E-state index in [-0.39, 0.29) is 28.3 Å². The van der Waals surface area contributed by atoms with Gasteiger partial charge in [-0.2, -0.15) is 31.6 Å². The molecule has 1 saturated heterocycles. The molecule has 1 fully saturated rings. The summed E-state index contributed by atoms with van der Waals surface area (Å²) in [4.78, 5) is 15.0. The summed E-state index contributed by atoms with van der Waals surface area (Å²) in [6.45, 7) is 3.30. The smallest absolute Gasteiger partial charge is 0.416 e. The van der Waals surface area contributed by atoms with Gasteiger partial charge in [0.2, 0.25) is 5.13 Å². The third-order valence-electron chi connectivity index (χ3n) is 6.35. The molecule has 0 atom stereocenters. The third kappa shape index (κ3) is 9.57. The number of aromatic nitrogens is 2. The Balaban J connectivity index is 1.40. The van der Waals surface area contributed by atoms with Crippen molar-refractivity contribution in [3.63, 3.8) is 0 Å². The van der Waals surface area contributed by atoms with Crippen molar-refractivity contribution in [3.05, 3.63) is 64.2 Å². The molecule has 45 heavy (non-hydrogen) atoms. The van der Waals surface area contributed by atoms with Crippen molar-refractivity contribution in [2.45, 2.75) is 23.3 Å². The zero-order valence-corrected chi connectivity index (χ0v) is 25.1. The van der Waals surface area contributed by atoms with E-state index in [1.54, 1.807) is 0 Å². The highest BCUT2D eigenvalue weighted by Crippen LogP contribution is 2.38. The van der Waals surface area contributed by atoms with Crippen molar-refractivity contribution in [1.29, 1.82) is 5.26 Å². The highest BCUT2D eigenvalue weighted by Gasteiger charge is 2.38. The number of alkyl halides is 6. The van der Waals surface area contributed by atoms with Gasteiger partial charge in [-0.3, -0.25) is 15.0 Å². The minimum atomic E-state index is -5.05. The molecule has 0 bridgehead atoms. The zero-order valence-electron chi connectivity index (χ0n) is 23.5. The Morgan fingerprint density at radius 2 is 1.87 bits per heavy atom. The Hall–Kier alpha value is -3.85. The van der Waals surface area contributed by atoms with Crippen LogP contribution < -0.4 is 14.8 Å². The number of thioether (sulfide) groups is 1. The SMILES string of the molecule is COc1cc(/C=C(/C#N)C(=O)Nc2nnc(SCCN3CCOCC3)s2)ccc1OCc1ccc(C(F)(F)F)cc1C(F)(F)F. The van der Waals surface area contributed by atoms with E-state index in [9.17, 15) is 36.4 Å². The fourth-order valence-corrected chi connectivity index (χ4v) is 5.89. The van der Waals surface area contributed by atoms with Crippen molar-refractivity contribution in [1.82, 2.24) is 15.1 Å². The van der Waals surface area contributed by atoms with Gasteiger partial charge in [-0.15, -0.1) is 10.2 Å². The van der Waals surface area contributed by atoms with Crippen LogP contribution in [0.4, 0.5) is 31.5 Å². The standard InChI is InChI=1S/C28H25F6N5O4S2/c1-41-23-13-17(2-5-22(23)43-16-18-3-4-20(27(29,30)31)14-21(18)28(32,33)34)12-19(15-35)24(40)36-25-37-38-26(45-25)44-11-8-39-6-9-42-10-7-39/h2-5,12-14H,6-11,16H2,1H3,(H,36,37,40)/b19-12-. The van der Waals surface area contributed by atoms with E-state index in [0.29, 0.717) is 35.2 Å². The number of halogens is 6. The molecule has 1 aliphatic rings. The third-order valence-corrected chi connectivity index (χ3v) is 8.31. The monoisotopic (exact) mass is 673 g/mol. The van der Waals surface area contributed by atoms with Crippen LogP contribution in [0.25, 0.3) is 6.08 Å². The Morgan fingerprint density at radius 1 is 1.11 bits per heavy atom. The van der Waals surface area contributed by atoms with Crippen LogP contribution >= 0.6 is 23.1 Å². The van der Waals surface area contributed by atoms with E-state index in [1.165, 1.54) is 43.1 Å². The molecule has 1 amide bonds. The lowest BCUT2D eigenvalue weighted by Gasteiger charge is -2.25. The van der Waals surface area contributed by atoms with E-state index >= 15 is 0 Å². The van der Waals surface area contributed by atoms with Crippen LogP contribution in [0.1, 0.15) is 22.3 Å². The number of benzene rings is 2. The summed E-state index contributed by atoms with van der Waals surface area (Å²) in [6.07, 6.45) is -8.74. The number of methoxy groups -OCH3 is 1. The molecule has 17 heteroatoms. The van der Waals surface area contributed by atoms with Gasteiger partial charge < -0.3 is 14.2 Å². The molecule has 4 rings (SSSR count). The molecule has 1 N–H and O–H groups in total.